The smallest absolute Gasteiger partial charge is 0.338 e. The zero-order valence-corrected chi connectivity index (χ0v) is 27.6. The molecule has 5 aromatic rings. The van der Waals surface area contributed by atoms with Gasteiger partial charge in [0.1, 0.15) is 35.5 Å². The number of imidazole rings is 1. The van der Waals surface area contributed by atoms with E-state index in [4.69, 9.17) is 29.2 Å². The van der Waals surface area contributed by atoms with Crippen LogP contribution in [0, 0.1) is 34.7 Å². The summed E-state index contributed by atoms with van der Waals surface area (Å²) in [6, 6.07) is 17.6. The Labute approximate surface area is 286 Å². The van der Waals surface area contributed by atoms with Gasteiger partial charge in [-0.15, -0.1) is 0 Å². The highest BCUT2D eigenvalue weighted by Gasteiger charge is 2.44. The predicted molar refractivity (Wildman–Crippen MR) is 176 cm³/mol. The first kappa shape index (κ1) is 33.3. The molecule has 1 unspecified atom stereocenters. The molecule has 0 bridgehead atoms. The quantitative estimate of drug-likeness (QED) is 0.155. The summed E-state index contributed by atoms with van der Waals surface area (Å²) >= 11 is 0. The number of carbonyl (C=O) groups excluding carboxylic acids is 1. The molecule has 3 aromatic carbocycles. The lowest BCUT2D eigenvalue weighted by Gasteiger charge is -2.21. The van der Waals surface area contributed by atoms with Crippen LogP contribution in [0.25, 0.3) is 22.3 Å². The highest BCUT2D eigenvalue weighted by molar-refractivity contribution is 5.94. The molecule has 2 aliphatic heterocycles. The normalized spacial score (nSPS) is 18.6. The van der Waals surface area contributed by atoms with Gasteiger partial charge in [0.2, 0.25) is 5.88 Å². The van der Waals surface area contributed by atoms with Crippen molar-refractivity contribution in [2.24, 2.45) is 5.92 Å². The van der Waals surface area contributed by atoms with Gasteiger partial charge in [0, 0.05) is 29.5 Å². The standard InChI is InChI=1S/C38H33F3N4O5/c1-38(2,3)50-36(46)22-9-10-31-32(15-22)45(33-20-49-37-25(33)11-12-47-37)34(43-31)16-24-14-29(41)26(17-28(24)40)30-5-4-6-35(44-30)48-19-23-8-7-21(18-42)13-27(23)39/h4-10,13-15,17,25,33,37H,11-12,16,19-20H2,1-3H3/t25-,33?,37+/m0/s1. The Balaban J connectivity index is 1.18. The summed E-state index contributed by atoms with van der Waals surface area (Å²) < 4.78 is 70.8. The minimum atomic E-state index is -0.701. The molecule has 2 aromatic heterocycles. The second kappa shape index (κ2) is 13.2. The van der Waals surface area contributed by atoms with Gasteiger partial charge < -0.3 is 23.5 Å². The van der Waals surface area contributed by atoms with Gasteiger partial charge in [0.25, 0.3) is 0 Å². The lowest BCUT2D eigenvalue weighted by Crippen LogP contribution is -2.24. The van der Waals surface area contributed by atoms with Crippen LogP contribution in [-0.2, 0) is 27.2 Å². The molecule has 0 amide bonds. The van der Waals surface area contributed by atoms with Gasteiger partial charge in [0.05, 0.1) is 53.2 Å². The van der Waals surface area contributed by atoms with Crippen LogP contribution in [0.4, 0.5) is 13.2 Å². The van der Waals surface area contributed by atoms with Crippen molar-refractivity contribution in [3.05, 3.63) is 112 Å². The van der Waals surface area contributed by atoms with Crippen LogP contribution in [-0.4, -0.2) is 45.6 Å². The van der Waals surface area contributed by atoms with E-state index in [0.29, 0.717) is 35.6 Å². The van der Waals surface area contributed by atoms with Crippen LogP contribution in [0.2, 0.25) is 0 Å². The molecule has 2 fully saturated rings. The molecular formula is C38H33F3N4O5. The Morgan fingerprint density at radius 1 is 0.980 bits per heavy atom. The first-order valence-corrected chi connectivity index (χ1v) is 16.2. The molecule has 2 saturated heterocycles. The number of hydrogen-bond acceptors (Lipinski definition) is 8. The number of nitriles is 1. The highest BCUT2D eigenvalue weighted by atomic mass is 19.1. The Morgan fingerprint density at radius 2 is 1.80 bits per heavy atom. The van der Waals surface area contributed by atoms with Gasteiger partial charge in [-0.2, -0.15) is 5.26 Å². The Bertz CT molecular complexity index is 2160. The zero-order valence-electron chi connectivity index (χ0n) is 27.6. The summed E-state index contributed by atoms with van der Waals surface area (Å²) in [4.78, 5) is 22.1. The molecule has 50 heavy (non-hydrogen) atoms. The molecular weight excluding hydrogens is 649 g/mol. The number of esters is 1. The molecule has 0 aliphatic carbocycles. The lowest BCUT2D eigenvalue weighted by molar-refractivity contribution is -0.0905. The van der Waals surface area contributed by atoms with Crippen LogP contribution in [0.3, 0.4) is 0 Å². The largest absolute Gasteiger partial charge is 0.473 e. The Kier molecular flexibility index (Phi) is 8.80. The van der Waals surface area contributed by atoms with Crippen LogP contribution in [0.1, 0.15) is 66.1 Å². The van der Waals surface area contributed by atoms with Crippen LogP contribution in [0.15, 0.2) is 66.7 Å². The van der Waals surface area contributed by atoms with E-state index in [1.165, 1.54) is 24.3 Å². The molecule has 3 atom stereocenters. The molecule has 0 saturated carbocycles. The van der Waals surface area contributed by atoms with Gasteiger partial charge in [-0.25, -0.2) is 27.9 Å². The first-order chi connectivity index (χ1) is 24.0. The summed E-state index contributed by atoms with van der Waals surface area (Å²) in [6.07, 6.45) is 0.347. The van der Waals surface area contributed by atoms with E-state index in [-0.39, 0.29) is 65.1 Å². The van der Waals surface area contributed by atoms with E-state index >= 15 is 8.78 Å². The maximum Gasteiger partial charge on any atom is 0.338 e. The van der Waals surface area contributed by atoms with Gasteiger partial charge >= 0.3 is 5.97 Å². The van der Waals surface area contributed by atoms with Crippen molar-refractivity contribution < 1.29 is 36.9 Å². The fraction of sp³-hybridized carbons (Fsp3) is 0.316. The molecule has 256 valence electrons. The summed E-state index contributed by atoms with van der Waals surface area (Å²) in [5, 5.41) is 8.96. The SMILES string of the molecule is CC(C)(C)OC(=O)c1ccc2nc(Cc3cc(F)c(-c4cccc(OCc5ccc(C#N)cc5F)n4)cc3F)n(C3CO[C@H]4OCC[C@@H]34)c2c1. The van der Waals surface area contributed by atoms with Crippen LogP contribution >= 0.6 is 0 Å². The molecule has 7 rings (SSSR count). The van der Waals surface area contributed by atoms with Crippen LogP contribution < -0.4 is 4.74 Å². The second-order valence-corrected chi connectivity index (χ2v) is 13.4. The minimum absolute atomic E-state index is 0.0225. The van der Waals surface area contributed by atoms with Crippen molar-refractivity contribution in [3.63, 3.8) is 0 Å². The number of pyridine rings is 1. The lowest BCUT2D eigenvalue weighted by atomic mass is 9.99. The number of aromatic nitrogens is 3. The van der Waals surface area contributed by atoms with Crippen molar-refractivity contribution in [3.8, 4) is 23.2 Å². The molecule has 2 aliphatic rings. The zero-order chi connectivity index (χ0) is 35.2. The molecule has 0 radical (unpaired) electrons. The minimum Gasteiger partial charge on any atom is -0.473 e. The number of nitrogens with zero attached hydrogens (tertiary/aromatic N) is 4. The number of hydrogen-bond donors (Lipinski definition) is 0. The maximum absolute atomic E-state index is 15.9. The number of rotatable bonds is 8. The van der Waals surface area contributed by atoms with Crippen LogP contribution in [0.5, 0.6) is 5.88 Å². The highest BCUT2D eigenvalue weighted by Crippen LogP contribution is 2.41. The average Bonchev–Trinajstić information content (AvgIpc) is 3.80. The van der Waals surface area contributed by atoms with Crippen molar-refractivity contribution in [1.29, 1.82) is 5.26 Å². The summed E-state index contributed by atoms with van der Waals surface area (Å²) in [7, 11) is 0. The number of benzene rings is 3. The Morgan fingerprint density at radius 3 is 2.58 bits per heavy atom. The monoisotopic (exact) mass is 682 g/mol. The maximum atomic E-state index is 15.9. The second-order valence-electron chi connectivity index (χ2n) is 13.4. The number of carbonyl (C=O) groups is 1. The van der Waals surface area contributed by atoms with E-state index in [0.717, 1.165) is 24.6 Å². The number of halogens is 3. The van der Waals surface area contributed by atoms with E-state index in [1.807, 2.05) is 10.6 Å². The topological polar surface area (TPSA) is 108 Å². The third-order valence-electron chi connectivity index (χ3n) is 8.78. The van der Waals surface area contributed by atoms with Crippen molar-refractivity contribution in [2.45, 2.75) is 58.2 Å². The summed E-state index contributed by atoms with van der Waals surface area (Å²) in [5.41, 5.74) is 1.44. The summed E-state index contributed by atoms with van der Waals surface area (Å²) in [5.74, 6) is -1.85. The van der Waals surface area contributed by atoms with E-state index in [2.05, 4.69) is 4.98 Å². The average molecular weight is 683 g/mol. The third kappa shape index (κ3) is 6.66. The molecule has 9 nitrogen and oxygen atoms in total. The van der Waals surface area contributed by atoms with Crippen molar-refractivity contribution in [1.82, 2.24) is 14.5 Å². The Hall–Kier alpha value is -5.25. The first-order valence-electron chi connectivity index (χ1n) is 16.2. The van der Waals surface area contributed by atoms with Gasteiger partial charge in [0.15, 0.2) is 6.29 Å². The van der Waals surface area contributed by atoms with Crippen molar-refractivity contribution in [2.75, 3.05) is 13.2 Å². The van der Waals surface area contributed by atoms with E-state index < -0.39 is 29.0 Å². The fourth-order valence-electron chi connectivity index (χ4n) is 6.43. The van der Waals surface area contributed by atoms with E-state index in [9.17, 15) is 9.18 Å². The third-order valence-corrected chi connectivity index (χ3v) is 8.78. The fourth-order valence-corrected chi connectivity index (χ4v) is 6.43. The molecule has 4 heterocycles. The van der Waals surface area contributed by atoms with Crippen molar-refractivity contribution >= 4 is 17.0 Å². The molecule has 12 heteroatoms. The van der Waals surface area contributed by atoms with E-state index in [1.54, 1.807) is 45.0 Å². The predicted octanol–water partition coefficient (Wildman–Crippen LogP) is 7.45. The van der Waals surface area contributed by atoms with Gasteiger partial charge in [-0.3, -0.25) is 0 Å². The van der Waals surface area contributed by atoms with Gasteiger partial charge in [-0.05, 0) is 81.3 Å². The molecule has 0 N–H and O–H groups in total. The number of ether oxygens (including phenoxy) is 4. The summed E-state index contributed by atoms with van der Waals surface area (Å²) in [6.45, 7) is 6.09. The van der Waals surface area contributed by atoms with Gasteiger partial charge in [-0.1, -0.05) is 12.1 Å². The molecule has 0 spiro atoms. The number of fused-ring (bicyclic) bond motifs is 2.